The van der Waals surface area contributed by atoms with E-state index in [0.29, 0.717) is 19.3 Å². The van der Waals surface area contributed by atoms with Crippen LogP contribution in [-0.2, 0) is 28.6 Å². The summed E-state index contributed by atoms with van der Waals surface area (Å²) in [6.45, 7) is 6.48. The molecule has 0 saturated carbocycles. The topological polar surface area (TPSA) is 78.9 Å². The van der Waals surface area contributed by atoms with Gasteiger partial charge in [0.25, 0.3) is 0 Å². The molecule has 0 bridgehead atoms. The zero-order valence-corrected chi connectivity index (χ0v) is 45.0. The van der Waals surface area contributed by atoms with E-state index in [0.717, 1.165) is 135 Å². The minimum absolute atomic E-state index is 0.0855. The van der Waals surface area contributed by atoms with Gasteiger partial charge in [-0.15, -0.1) is 0 Å². The van der Waals surface area contributed by atoms with Crippen molar-refractivity contribution in [2.24, 2.45) is 0 Å². The summed E-state index contributed by atoms with van der Waals surface area (Å²) in [7, 11) is 0. The molecule has 0 aromatic rings. The van der Waals surface area contributed by atoms with E-state index in [1.54, 1.807) is 0 Å². The summed E-state index contributed by atoms with van der Waals surface area (Å²) in [5.74, 6) is -0.913. The van der Waals surface area contributed by atoms with Crippen LogP contribution in [0.1, 0.15) is 265 Å². The van der Waals surface area contributed by atoms with Crippen molar-refractivity contribution in [3.63, 3.8) is 0 Å². The zero-order chi connectivity index (χ0) is 50.0. The number of allylic oxidation sites excluding steroid dienone is 16. The van der Waals surface area contributed by atoms with Crippen LogP contribution in [0.15, 0.2) is 97.2 Å². The van der Waals surface area contributed by atoms with Crippen molar-refractivity contribution in [3.05, 3.63) is 97.2 Å². The van der Waals surface area contributed by atoms with Gasteiger partial charge >= 0.3 is 17.9 Å². The normalized spacial score (nSPS) is 12.8. The number of ether oxygens (including phenoxy) is 3. The van der Waals surface area contributed by atoms with Gasteiger partial charge in [-0.05, 0) is 103 Å². The van der Waals surface area contributed by atoms with E-state index >= 15 is 0 Å². The summed E-state index contributed by atoms with van der Waals surface area (Å²) < 4.78 is 16.8. The molecule has 0 radical (unpaired) electrons. The first-order valence-electron chi connectivity index (χ1n) is 28.7. The third-order valence-corrected chi connectivity index (χ3v) is 12.1. The lowest BCUT2D eigenvalue weighted by Gasteiger charge is -2.18. The van der Waals surface area contributed by atoms with Crippen LogP contribution < -0.4 is 0 Å². The number of esters is 3. The van der Waals surface area contributed by atoms with Gasteiger partial charge < -0.3 is 14.2 Å². The van der Waals surface area contributed by atoms with Crippen molar-refractivity contribution >= 4 is 17.9 Å². The third kappa shape index (κ3) is 55.1. The lowest BCUT2D eigenvalue weighted by molar-refractivity contribution is -0.167. The molecule has 1 unspecified atom stereocenters. The maximum Gasteiger partial charge on any atom is 0.306 e. The first kappa shape index (κ1) is 65.3. The Morgan fingerprint density at radius 1 is 0.304 bits per heavy atom. The molecule has 69 heavy (non-hydrogen) atoms. The molecule has 0 aliphatic rings. The lowest BCUT2D eigenvalue weighted by Crippen LogP contribution is -2.30. The van der Waals surface area contributed by atoms with Crippen molar-refractivity contribution in [2.45, 2.75) is 271 Å². The molecular formula is C63H106O6. The van der Waals surface area contributed by atoms with E-state index in [2.05, 4.69) is 118 Å². The number of carbonyl (C=O) groups excluding carboxylic acids is 3. The van der Waals surface area contributed by atoms with Gasteiger partial charge in [-0.3, -0.25) is 14.4 Å². The minimum Gasteiger partial charge on any atom is -0.462 e. The van der Waals surface area contributed by atoms with Gasteiger partial charge in [0.15, 0.2) is 6.10 Å². The molecule has 0 aliphatic carbocycles. The van der Waals surface area contributed by atoms with Crippen LogP contribution in [0, 0.1) is 0 Å². The summed E-state index contributed by atoms with van der Waals surface area (Å²) in [5.41, 5.74) is 0. The second-order valence-corrected chi connectivity index (χ2v) is 18.8. The molecule has 0 saturated heterocycles. The summed E-state index contributed by atoms with van der Waals surface area (Å²) >= 11 is 0. The number of hydrogen-bond donors (Lipinski definition) is 0. The molecule has 0 aromatic heterocycles. The van der Waals surface area contributed by atoms with Gasteiger partial charge in [0.2, 0.25) is 0 Å². The van der Waals surface area contributed by atoms with Crippen LogP contribution in [0.25, 0.3) is 0 Å². The van der Waals surface area contributed by atoms with E-state index < -0.39 is 6.10 Å². The van der Waals surface area contributed by atoms with Crippen LogP contribution in [-0.4, -0.2) is 37.2 Å². The number of unbranched alkanes of at least 4 members (excludes halogenated alkanes) is 24. The van der Waals surface area contributed by atoms with E-state index in [9.17, 15) is 14.4 Å². The standard InChI is InChI=1S/C63H106O6/c1-4-7-10-13-16-19-22-24-25-26-27-28-29-30-31-32-33-34-35-36-37-39-41-44-47-50-53-56-62(65)68-59-60(58-67-61(64)55-52-49-46-43-40-21-18-15-12-9-6-3)69-63(66)57-54-51-48-45-42-38-23-20-17-14-11-8-5-2/h7,10,16,19-20,23-25,27-28,30-31,33-34,36-37,60H,4-6,8-9,11-15,17-18,21-22,26,29,32,35,38-59H2,1-3H3/b10-7-,19-16-,23-20-,25-24-,28-27-,31-30-,34-33-,37-36-. The predicted octanol–water partition coefficient (Wildman–Crippen LogP) is 19.3. The van der Waals surface area contributed by atoms with E-state index in [1.165, 1.54) is 89.9 Å². The molecule has 0 amide bonds. The van der Waals surface area contributed by atoms with Crippen molar-refractivity contribution in [1.29, 1.82) is 0 Å². The highest BCUT2D eigenvalue weighted by Gasteiger charge is 2.19. The molecule has 0 fully saturated rings. The Morgan fingerprint density at radius 3 is 0.913 bits per heavy atom. The largest absolute Gasteiger partial charge is 0.462 e. The maximum absolute atomic E-state index is 12.8. The molecule has 0 heterocycles. The Morgan fingerprint density at radius 2 is 0.565 bits per heavy atom. The molecule has 0 aromatic carbocycles. The fourth-order valence-electron chi connectivity index (χ4n) is 7.77. The van der Waals surface area contributed by atoms with Crippen molar-refractivity contribution < 1.29 is 28.6 Å². The summed E-state index contributed by atoms with van der Waals surface area (Å²) in [4.78, 5) is 38.0. The SMILES string of the molecule is CC/C=C\C/C=C\C/C=C\C/C=C\C/C=C\C/C=C\C/C=C\CCCCCCCC(=O)OCC(COC(=O)CCCCCCCCCCCCC)OC(=O)CCCCCCC/C=C\CCCCCC. The second kappa shape index (κ2) is 56.9. The Hall–Kier alpha value is -3.67. The summed E-state index contributed by atoms with van der Waals surface area (Å²) in [6.07, 6.45) is 75.4. The van der Waals surface area contributed by atoms with Crippen LogP contribution in [0.4, 0.5) is 0 Å². The quantitative estimate of drug-likeness (QED) is 0.0262. The van der Waals surface area contributed by atoms with E-state index in [1.807, 2.05) is 0 Å². The Bertz CT molecular complexity index is 1380. The highest BCUT2D eigenvalue weighted by Crippen LogP contribution is 2.15. The van der Waals surface area contributed by atoms with Crippen LogP contribution in [0.3, 0.4) is 0 Å². The Balaban J connectivity index is 4.32. The molecule has 6 heteroatoms. The van der Waals surface area contributed by atoms with Crippen LogP contribution >= 0.6 is 0 Å². The van der Waals surface area contributed by atoms with Gasteiger partial charge in [-0.1, -0.05) is 240 Å². The number of hydrogen-bond acceptors (Lipinski definition) is 6. The third-order valence-electron chi connectivity index (χ3n) is 12.1. The second-order valence-electron chi connectivity index (χ2n) is 18.8. The smallest absolute Gasteiger partial charge is 0.306 e. The molecule has 0 spiro atoms. The minimum atomic E-state index is -0.788. The first-order valence-corrected chi connectivity index (χ1v) is 28.7. The molecule has 0 rings (SSSR count). The van der Waals surface area contributed by atoms with Gasteiger partial charge in [0.05, 0.1) is 0 Å². The fraction of sp³-hybridized carbons (Fsp3) is 0.698. The van der Waals surface area contributed by atoms with E-state index in [-0.39, 0.29) is 31.1 Å². The zero-order valence-electron chi connectivity index (χ0n) is 45.0. The average molecular weight is 960 g/mol. The van der Waals surface area contributed by atoms with Gasteiger partial charge in [-0.25, -0.2) is 0 Å². The van der Waals surface area contributed by atoms with Gasteiger partial charge in [0, 0.05) is 19.3 Å². The lowest BCUT2D eigenvalue weighted by atomic mass is 10.1. The Labute approximate surface area is 426 Å². The van der Waals surface area contributed by atoms with E-state index in [4.69, 9.17) is 14.2 Å². The van der Waals surface area contributed by atoms with Crippen molar-refractivity contribution in [1.82, 2.24) is 0 Å². The molecule has 1 atom stereocenters. The van der Waals surface area contributed by atoms with Gasteiger partial charge in [0.1, 0.15) is 13.2 Å². The number of rotatable bonds is 51. The molecule has 394 valence electrons. The predicted molar refractivity (Wildman–Crippen MR) is 297 cm³/mol. The summed E-state index contributed by atoms with van der Waals surface area (Å²) in [6, 6.07) is 0. The fourth-order valence-corrected chi connectivity index (χ4v) is 7.77. The molecule has 6 nitrogen and oxygen atoms in total. The van der Waals surface area contributed by atoms with Crippen molar-refractivity contribution in [3.8, 4) is 0 Å². The maximum atomic E-state index is 12.8. The van der Waals surface area contributed by atoms with Crippen molar-refractivity contribution in [2.75, 3.05) is 13.2 Å². The average Bonchev–Trinajstić information content (AvgIpc) is 3.35. The monoisotopic (exact) mass is 959 g/mol. The highest BCUT2D eigenvalue weighted by molar-refractivity contribution is 5.71. The molecule has 0 N–H and O–H groups in total. The van der Waals surface area contributed by atoms with Gasteiger partial charge in [-0.2, -0.15) is 0 Å². The highest BCUT2D eigenvalue weighted by atomic mass is 16.6. The number of carbonyl (C=O) groups is 3. The summed E-state index contributed by atoms with van der Waals surface area (Å²) in [5, 5.41) is 0. The first-order chi connectivity index (χ1) is 34.0. The molecular weight excluding hydrogens is 853 g/mol. The van der Waals surface area contributed by atoms with Crippen LogP contribution in [0.5, 0.6) is 0 Å². The van der Waals surface area contributed by atoms with Crippen LogP contribution in [0.2, 0.25) is 0 Å². The molecule has 0 aliphatic heterocycles. The Kier molecular flexibility index (Phi) is 53.9.